The predicted octanol–water partition coefficient (Wildman–Crippen LogP) is 2.44. The molecule has 136 valence electrons. The van der Waals surface area contributed by atoms with E-state index in [4.69, 9.17) is 16.3 Å². The van der Waals surface area contributed by atoms with E-state index < -0.39 is 0 Å². The second-order valence-electron chi connectivity index (χ2n) is 6.43. The Bertz CT molecular complexity index is 602. The van der Waals surface area contributed by atoms with Crippen molar-refractivity contribution in [3.05, 3.63) is 34.9 Å². The minimum atomic E-state index is -0.150. The highest BCUT2D eigenvalue weighted by atomic mass is 35.5. The Morgan fingerprint density at radius 1 is 1.12 bits per heavy atom. The number of urea groups is 1. The van der Waals surface area contributed by atoms with Crippen LogP contribution in [0.3, 0.4) is 0 Å². The minimum Gasteiger partial charge on any atom is -0.370 e. The van der Waals surface area contributed by atoms with Gasteiger partial charge < -0.3 is 19.9 Å². The highest BCUT2D eigenvalue weighted by Gasteiger charge is 2.25. The zero-order chi connectivity index (χ0) is 17.6. The fraction of sp³-hybridized carbons (Fsp3) is 0.556. The topological polar surface area (TPSA) is 61.9 Å². The molecular formula is C18H24ClN3O3. The normalized spacial score (nSPS) is 20.6. The summed E-state index contributed by atoms with van der Waals surface area (Å²) >= 11 is 5.91. The Kier molecular flexibility index (Phi) is 6.15. The summed E-state index contributed by atoms with van der Waals surface area (Å²) in [6.07, 6.45) is 2.37. The lowest BCUT2D eigenvalue weighted by Gasteiger charge is -2.33. The van der Waals surface area contributed by atoms with Crippen molar-refractivity contribution in [2.45, 2.75) is 25.4 Å². The molecule has 0 unspecified atom stereocenters. The molecule has 0 aromatic heterocycles. The van der Waals surface area contributed by atoms with E-state index in [2.05, 4.69) is 5.32 Å². The number of halogens is 1. The van der Waals surface area contributed by atoms with E-state index in [1.165, 1.54) is 0 Å². The van der Waals surface area contributed by atoms with Crippen LogP contribution >= 0.6 is 11.6 Å². The molecule has 0 radical (unpaired) electrons. The van der Waals surface area contributed by atoms with Crippen molar-refractivity contribution in [3.63, 3.8) is 0 Å². The molecule has 2 saturated heterocycles. The molecule has 1 atom stereocenters. The van der Waals surface area contributed by atoms with E-state index in [0.717, 1.165) is 31.5 Å². The average molecular weight is 366 g/mol. The second-order valence-corrected chi connectivity index (χ2v) is 6.86. The quantitative estimate of drug-likeness (QED) is 0.891. The maximum Gasteiger partial charge on any atom is 0.317 e. The molecule has 7 heteroatoms. The van der Waals surface area contributed by atoms with Crippen molar-refractivity contribution in [1.29, 1.82) is 0 Å². The molecule has 2 heterocycles. The first-order valence-electron chi connectivity index (χ1n) is 8.81. The van der Waals surface area contributed by atoms with Gasteiger partial charge in [0.25, 0.3) is 0 Å². The average Bonchev–Trinajstić information content (AvgIpc) is 3.17. The number of amides is 3. The van der Waals surface area contributed by atoms with Gasteiger partial charge in [-0.1, -0.05) is 23.7 Å². The van der Waals surface area contributed by atoms with Gasteiger partial charge in [0.05, 0.1) is 13.2 Å². The van der Waals surface area contributed by atoms with Crippen LogP contribution in [0.1, 0.15) is 30.9 Å². The van der Waals surface area contributed by atoms with E-state index >= 15 is 0 Å². The van der Waals surface area contributed by atoms with Gasteiger partial charge in [0.2, 0.25) is 5.91 Å². The Morgan fingerprint density at radius 3 is 2.56 bits per heavy atom. The maximum absolute atomic E-state index is 12.3. The first-order valence-corrected chi connectivity index (χ1v) is 9.19. The Labute approximate surface area is 153 Å². The van der Waals surface area contributed by atoms with Crippen molar-refractivity contribution in [3.8, 4) is 0 Å². The summed E-state index contributed by atoms with van der Waals surface area (Å²) in [7, 11) is 0. The standard InChI is InChI=1S/C18H24ClN3O3/c19-15-5-3-14(4-6-15)16-13-22(11-12-25-16)18(24)20-8-7-17(23)21-9-1-2-10-21/h3-6,16H,1-2,7-13H2,(H,20,24)/t16-/m1/s1. The van der Waals surface area contributed by atoms with Crippen LogP contribution in [0.5, 0.6) is 0 Å². The van der Waals surface area contributed by atoms with E-state index in [0.29, 0.717) is 37.7 Å². The third-order valence-electron chi connectivity index (χ3n) is 4.67. The van der Waals surface area contributed by atoms with Gasteiger partial charge in [0.15, 0.2) is 0 Å². The molecule has 0 bridgehead atoms. The molecule has 2 aliphatic rings. The molecule has 3 rings (SSSR count). The summed E-state index contributed by atoms with van der Waals surface area (Å²) in [6.45, 7) is 3.60. The number of hydrogen-bond acceptors (Lipinski definition) is 3. The van der Waals surface area contributed by atoms with Gasteiger partial charge in [0, 0.05) is 37.6 Å². The number of likely N-dealkylation sites (tertiary alicyclic amines) is 1. The molecule has 6 nitrogen and oxygen atoms in total. The predicted molar refractivity (Wildman–Crippen MR) is 95.5 cm³/mol. The first-order chi connectivity index (χ1) is 12.1. The van der Waals surface area contributed by atoms with Crippen LogP contribution in [0, 0.1) is 0 Å². The van der Waals surface area contributed by atoms with Gasteiger partial charge in [-0.15, -0.1) is 0 Å². The van der Waals surface area contributed by atoms with E-state index in [9.17, 15) is 9.59 Å². The summed E-state index contributed by atoms with van der Waals surface area (Å²) in [5, 5.41) is 3.53. The van der Waals surface area contributed by atoms with Crippen LogP contribution in [-0.2, 0) is 9.53 Å². The fourth-order valence-electron chi connectivity index (χ4n) is 3.23. The number of hydrogen-bond donors (Lipinski definition) is 1. The molecular weight excluding hydrogens is 342 g/mol. The van der Waals surface area contributed by atoms with Crippen molar-refractivity contribution in [1.82, 2.24) is 15.1 Å². The Hall–Kier alpha value is -1.79. The number of carbonyl (C=O) groups excluding carboxylic acids is 2. The van der Waals surface area contributed by atoms with Crippen LogP contribution < -0.4 is 5.32 Å². The maximum atomic E-state index is 12.3. The molecule has 3 amide bonds. The first kappa shape index (κ1) is 18.0. The van der Waals surface area contributed by atoms with Crippen molar-refractivity contribution in [2.75, 3.05) is 39.3 Å². The van der Waals surface area contributed by atoms with E-state index in [-0.39, 0.29) is 18.0 Å². The molecule has 0 aliphatic carbocycles. The number of morpholine rings is 1. The Balaban J connectivity index is 1.45. The van der Waals surface area contributed by atoms with E-state index in [1.807, 2.05) is 29.2 Å². The Morgan fingerprint density at radius 2 is 1.84 bits per heavy atom. The number of benzene rings is 1. The van der Waals surface area contributed by atoms with Gasteiger partial charge in [-0.3, -0.25) is 4.79 Å². The van der Waals surface area contributed by atoms with Gasteiger partial charge in [-0.2, -0.15) is 0 Å². The van der Waals surface area contributed by atoms with Gasteiger partial charge >= 0.3 is 6.03 Å². The fourth-order valence-corrected chi connectivity index (χ4v) is 3.35. The second kappa shape index (κ2) is 8.54. The number of nitrogens with zero attached hydrogens (tertiary/aromatic N) is 2. The van der Waals surface area contributed by atoms with Gasteiger partial charge in [-0.05, 0) is 30.5 Å². The SMILES string of the molecule is O=C(CCNC(=O)N1CCO[C@@H](c2ccc(Cl)cc2)C1)N1CCCC1. The lowest BCUT2D eigenvalue weighted by atomic mass is 10.1. The molecule has 1 N–H and O–H groups in total. The summed E-state index contributed by atoms with van der Waals surface area (Å²) in [5.41, 5.74) is 1.01. The number of ether oxygens (including phenoxy) is 1. The lowest BCUT2D eigenvalue weighted by molar-refractivity contribution is -0.129. The number of nitrogens with one attached hydrogen (secondary N) is 1. The third kappa shape index (κ3) is 4.86. The summed E-state index contributed by atoms with van der Waals surface area (Å²) in [4.78, 5) is 28.0. The molecule has 0 saturated carbocycles. The van der Waals surface area contributed by atoms with Gasteiger partial charge in [-0.25, -0.2) is 4.79 Å². The van der Waals surface area contributed by atoms with Crippen LogP contribution in [0.4, 0.5) is 4.79 Å². The molecule has 25 heavy (non-hydrogen) atoms. The number of carbonyl (C=O) groups is 2. The monoisotopic (exact) mass is 365 g/mol. The van der Waals surface area contributed by atoms with Crippen LogP contribution in [-0.4, -0.2) is 61.1 Å². The zero-order valence-electron chi connectivity index (χ0n) is 14.2. The van der Waals surface area contributed by atoms with Crippen molar-refractivity contribution >= 4 is 23.5 Å². The molecule has 1 aromatic rings. The zero-order valence-corrected chi connectivity index (χ0v) is 15.0. The molecule has 1 aromatic carbocycles. The summed E-state index contributed by atoms with van der Waals surface area (Å²) < 4.78 is 5.77. The minimum absolute atomic E-state index is 0.124. The molecule has 2 fully saturated rings. The van der Waals surface area contributed by atoms with Crippen LogP contribution in [0.2, 0.25) is 5.02 Å². The summed E-state index contributed by atoms with van der Waals surface area (Å²) in [5.74, 6) is 0.124. The molecule has 0 spiro atoms. The lowest BCUT2D eigenvalue weighted by Crippen LogP contribution is -2.47. The van der Waals surface area contributed by atoms with Crippen LogP contribution in [0.15, 0.2) is 24.3 Å². The highest BCUT2D eigenvalue weighted by Crippen LogP contribution is 2.23. The smallest absolute Gasteiger partial charge is 0.317 e. The van der Waals surface area contributed by atoms with E-state index in [1.54, 1.807) is 4.90 Å². The van der Waals surface area contributed by atoms with Crippen molar-refractivity contribution < 1.29 is 14.3 Å². The van der Waals surface area contributed by atoms with Crippen molar-refractivity contribution in [2.24, 2.45) is 0 Å². The number of rotatable bonds is 4. The van der Waals surface area contributed by atoms with Crippen LogP contribution in [0.25, 0.3) is 0 Å². The molecule has 2 aliphatic heterocycles. The van der Waals surface area contributed by atoms with Gasteiger partial charge in [0.1, 0.15) is 6.10 Å². The summed E-state index contributed by atoms with van der Waals surface area (Å²) in [6, 6.07) is 7.34. The third-order valence-corrected chi connectivity index (χ3v) is 4.92. The largest absolute Gasteiger partial charge is 0.370 e. The highest BCUT2D eigenvalue weighted by molar-refractivity contribution is 6.30.